The maximum Gasteiger partial charge on any atom is 0.0542 e. The van der Waals surface area contributed by atoms with Crippen LogP contribution in [0.25, 0.3) is 154 Å². The van der Waals surface area contributed by atoms with Crippen molar-refractivity contribution in [1.82, 2.24) is 18.3 Å². The summed E-state index contributed by atoms with van der Waals surface area (Å²) in [5.74, 6) is 0. The van der Waals surface area contributed by atoms with E-state index in [4.69, 9.17) is 0 Å². The molecule has 17 rings (SSSR count). The van der Waals surface area contributed by atoms with E-state index in [9.17, 15) is 0 Å². The van der Waals surface area contributed by atoms with E-state index < -0.39 is 0 Å². The molecule has 4 aromatic heterocycles. The lowest BCUT2D eigenvalue weighted by Gasteiger charge is -2.26. The Morgan fingerprint density at radius 2 is 0.403 bits per heavy atom. The number of nitrogens with zero attached hydrogens (tertiary/aromatic N) is 4. The normalized spacial score (nSPS) is 12.4. The molecule has 0 bridgehead atoms. The predicted molar refractivity (Wildman–Crippen MR) is 303 cm³/mol. The molecule has 0 saturated heterocycles. The Balaban J connectivity index is 0.769. The van der Waals surface area contributed by atoms with Gasteiger partial charge >= 0.3 is 0 Å². The summed E-state index contributed by atoms with van der Waals surface area (Å²) in [4.78, 5) is 0. The highest BCUT2D eigenvalue weighted by molar-refractivity contribution is 6.16. The van der Waals surface area contributed by atoms with E-state index >= 15 is 0 Å². The topological polar surface area (TPSA) is 19.7 Å². The van der Waals surface area contributed by atoms with Crippen LogP contribution in [-0.2, 0) is 0 Å². The highest BCUT2D eigenvalue weighted by Gasteiger charge is 2.25. The summed E-state index contributed by atoms with van der Waals surface area (Å²) in [6.07, 6.45) is 0. The molecule has 4 nitrogen and oxygen atoms in total. The van der Waals surface area contributed by atoms with Crippen LogP contribution in [0.3, 0.4) is 0 Å². The molecule has 1 aliphatic carbocycles. The maximum absolute atomic E-state index is 2.45. The minimum Gasteiger partial charge on any atom is -0.309 e. The van der Waals surface area contributed by atoms with Gasteiger partial charge < -0.3 is 18.3 Å². The van der Waals surface area contributed by atoms with Crippen molar-refractivity contribution in [2.75, 3.05) is 0 Å². The summed E-state index contributed by atoms with van der Waals surface area (Å²) in [6, 6.07) is 90.3. The van der Waals surface area contributed by atoms with Crippen LogP contribution in [0, 0.1) is 0 Å². The van der Waals surface area contributed by atoms with E-state index in [2.05, 4.69) is 261 Å². The number of aromatic nitrogens is 4. The molecular formula is C68H40N4. The van der Waals surface area contributed by atoms with E-state index in [-0.39, 0.29) is 0 Å². The first-order chi connectivity index (χ1) is 35.7. The van der Waals surface area contributed by atoms with Gasteiger partial charge in [-0.2, -0.15) is 0 Å². The van der Waals surface area contributed by atoms with Crippen LogP contribution in [-0.4, -0.2) is 18.3 Å². The third kappa shape index (κ3) is 5.09. The lowest BCUT2D eigenvalue weighted by Crippen LogP contribution is -2.00. The molecule has 0 amide bonds. The van der Waals surface area contributed by atoms with E-state index in [1.165, 1.54) is 142 Å². The number of hydrogen-bond donors (Lipinski definition) is 0. The lowest BCUT2D eigenvalue weighted by atomic mass is 9.78. The van der Waals surface area contributed by atoms with Gasteiger partial charge in [-0.15, -0.1) is 0 Å². The van der Waals surface area contributed by atoms with Crippen molar-refractivity contribution in [3.8, 4) is 45.0 Å². The van der Waals surface area contributed by atoms with Gasteiger partial charge in [-0.1, -0.05) is 121 Å². The number of para-hydroxylation sites is 6. The Kier molecular flexibility index (Phi) is 7.44. The summed E-state index contributed by atoms with van der Waals surface area (Å²) < 4.78 is 9.72. The molecule has 4 heteroatoms. The molecule has 16 aromatic rings. The van der Waals surface area contributed by atoms with Crippen molar-refractivity contribution in [3.63, 3.8) is 0 Å². The minimum atomic E-state index is 1.16. The molecule has 0 radical (unpaired) electrons. The average Bonchev–Trinajstić information content (AvgIpc) is 4.17. The molecule has 1 aliphatic rings. The summed E-state index contributed by atoms with van der Waals surface area (Å²) in [5, 5.41) is 15.0. The Hall–Kier alpha value is -9.64. The van der Waals surface area contributed by atoms with Crippen molar-refractivity contribution in [2.45, 2.75) is 0 Å². The van der Waals surface area contributed by atoms with Gasteiger partial charge in [0.15, 0.2) is 0 Å². The van der Waals surface area contributed by atoms with Crippen molar-refractivity contribution in [3.05, 3.63) is 243 Å². The molecule has 0 aliphatic heterocycles. The van der Waals surface area contributed by atoms with Gasteiger partial charge in [0.1, 0.15) is 0 Å². The first-order valence-corrected chi connectivity index (χ1v) is 24.9. The summed E-state index contributed by atoms with van der Waals surface area (Å²) in [7, 11) is 0. The third-order valence-corrected chi connectivity index (χ3v) is 16.0. The molecule has 4 heterocycles. The van der Waals surface area contributed by atoms with Crippen LogP contribution >= 0.6 is 0 Å². The number of benzene rings is 12. The van der Waals surface area contributed by atoms with Crippen LogP contribution in [0.2, 0.25) is 0 Å². The molecule has 72 heavy (non-hydrogen) atoms. The smallest absolute Gasteiger partial charge is 0.0542 e. The van der Waals surface area contributed by atoms with Gasteiger partial charge in [0.25, 0.3) is 0 Å². The molecule has 0 atom stereocenters. The fourth-order valence-electron chi connectivity index (χ4n) is 12.8. The maximum atomic E-state index is 2.45. The number of rotatable bonds is 4. The first kappa shape index (κ1) is 38.2. The van der Waals surface area contributed by atoms with Crippen molar-refractivity contribution < 1.29 is 0 Å². The standard InChI is InChI=1S/C68H40N4/c1-7-19-61-49(13-1)50-14-2-8-20-62(50)71(61)47-29-31-67-59(39-47)53-17-5-11-23-65(53)69(67)45-27-25-41-35-55-56-36-42-26-28-46(34-44(42)38-58(56)57(55)37-43(41)33-45)70-66-24-12-6-18-54(66)60-40-48(30-32-68(60)70)72-63-21-9-3-15-51(63)52-16-4-10-22-64(52)72/h1-40H. The molecular weight excluding hydrogens is 873 g/mol. The third-order valence-electron chi connectivity index (χ3n) is 16.0. The molecule has 0 fully saturated rings. The van der Waals surface area contributed by atoms with E-state index in [0.717, 1.165) is 11.4 Å². The van der Waals surface area contributed by atoms with Gasteiger partial charge in [0.05, 0.1) is 44.1 Å². The van der Waals surface area contributed by atoms with Crippen LogP contribution in [0.1, 0.15) is 0 Å². The average molecular weight is 913 g/mol. The SMILES string of the molecule is c1ccc2c(c1)c1ccccc1n2-c1ccc2c(c1)c1ccccc1n2-c1ccc2cc3c(cc2c1)-c1cc2cc(-n4c5ccccc5c5cc(-n6c7ccccc7c7ccccc76)ccc54)ccc2cc1-3. The van der Waals surface area contributed by atoms with Gasteiger partial charge in [-0.05, 0) is 165 Å². The molecule has 0 unspecified atom stereocenters. The van der Waals surface area contributed by atoms with E-state index in [1.807, 2.05) is 0 Å². The van der Waals surface area contributed by atoms with Gasteiger partial charge in [0.2, 0.25) is 0 Å². The van der Waals surface area contributed by atoms with Crippen molar-refractivity contribution >= 4 is 109 Å². The lowest BCUT2D eigenvalue weighted by molar-refractivity contribution is 1.17. The molecule has 0 spiro atoms. The molecule has 332 valence electrons. The Bertz CT molecular complexity index is 4630. The Labute approximate surface area is 412 Å². The zero-order valence-corrected chi connectivity index (χ0v) is 38.9. The van der Waals surface area contributed by atoms with E-state index in [0.29, 0.717) is 0 Å². The quantitative estimate of drug-likeness (QED) is 0.168. The highest BCUT2D eigenvalue weighted by Crippen LogP contribution is 2.51. The highest BCUT2D eigenvalue weighted by atomic mass is 15.0. The van der Waals surface area contributed by atoms with Crippen LogP contribution in [0.4, 0.5) is 0 Å². The molecule has 0 saturated carbocycles. The Morgan fingerprint density at radius 1 is 0.167 bits per heavy atom. The van der Waals surface area contributed by atoms with Crippen molar-refractivity contribution in [1.29, 1.82) is 0 Å². The summed E-state index contributed by atoms with van der Waals surface area (Å²) in [5.41, 5.74) is 19.6. The van der Waals surface area contributed by atoms with Crippen LogP contribution in [0.5, 0.6) is 0 Å². The fraction of sp³-hybridized carbons (Fsp3) is 0. The monoisotopic (exact) mass is 912 g/mol. The predicted octanol–water partition coefficient (Wildman–Crippen LogP) is 18.0. The number of fused-ring (bicyclic) bond motifs is 18. The Morgan fingerprint density at radius 3 is 0.722 bits per heavy atom. The minimum absolute atomic E-state index is 1.16. The molecule has 0 N–H and O–H groups in total. The molecule has 12 aromatic carbocycles. The first-order valence-electron chi connectivity index (χ1n) is 24.9. The van der Waals surface area contributed by atoms with Gasteiger partial charge in [-0.3, -0.25) is 0 Å². The van der Waals surface area contributed by atoms with Gasteiger partial charge in [-0.25, -0.2) is 0 Å². The van der Waals surface area contributed by atoms with Crippen LogP contribution < -0.4 is 0 Å². The van der Waals surface area contributed by atoms with Crippen molar-refractivity contribution in [2.24, 2.45) is 0 Å². The van der Waals surface area contributed by atoms with E-state index in [1.54, 1.807) is 0 Å². The second-order valence-corrected chi connectivity index (χ2v) is 19.7. The summed E-state index contributed by atoms with van der Waals surface area (Å²) in [6.45, 7) is 0. The zero-order chi connectivity index (χ0) is 46.8. The fourth-order valence-corrected chi connectivity index (χ4v) is 12.8. The summed E-state index contributed by atoms with van der Waals surface area (Å²) >= 11 is 0. The zero-order valence-electron chi connectivity index (χ0n) is 38.9. The largest absolute Gasteiger partial charge is 0.309 e. The van der Waals surface area contributed by atoms with Gasteiger partial charge in [0, 0.05) is 65.8 Å². The second kappa shape index (κ2) is 14.0. The van der Waals surface area contributed by atoms with Crippen LogP contribution in [0.15, 0.2) is 243 Å². The number of hydrogen-bond acceptors (Lipinski definition) is 0. The second-order valence-electron chi connectivity index (χ2n) is 19.7.